The number of carbonyl (C=O) groups is 1. The van der Waals surface area contributed by atoms with Crippen molar-refractivity contribution in [2.24, 2.45) is 10.2 Å². The van der Waals surface area contributed by atoms with E-state index in [2.05, 4.69) is 15.5 Å². The van der Waals surface area contributed by atoms with Crippen LogP contribution < -0.4 is 11.1 Å². The van der Waals surface area contributed by atoms with Crippen LogP contribution in [0.3, 0.4) is 0 Å². The first-order chi connectivity index (χ1) is 14.5. The summed E-state index contributed by atoms with van der Waals surface area (Å²) in [4.78, 5) is 12.8. The number of rotatable bonds is 4. The molecule has 0 radical (unpaired) electrons. The molecule has 6 nitrogen and oxygen atoms in total. The fourth-order valence-electron chi connectivity index (χ4n) is 2.97. The number of hydrogen-bond acceptors (Lipinski definition) is 5. The van der Waals surface area contributed by atoms with Crippen molar-refractivity contribution in [1.82, 2.24) is 0 Å². The summed E-state index contributed by atoms with van der Waals surface area (Å²) in [5.74, 6) is -1.26. The summed E-state index contributed by atoms with van der Waals surface area (Å²) in [7, 11) is 0. The quantitative estimate of drug-likeness (QED) is 0.292. The number of benzene rings is 4. The molecule has 0 fully saturated rings. The highest BCUT2D eigenvalue weighted by atomic mass is 19.1. The number of nitrogens with two attached hydrogens (primary N) is 1. The molecule has 148 valence electrons. The molecule has 0 aromatic heterocycles. The Kier molecular flexibility index (Phi) is 5.09. The van der Waals surface area contributed by atoms with Gasteiger partial charge in [-0.15, -0.1) is 5.11 Å². The maximum Gasteiger partial charge on any atom is 0.259 e. The zero-order valence-electron chi connectivity index (χ0n) is 15.7. The number of nitrogen functional groups attached to an aromatic ring is 1. The molecule has 4 aromatic rings. The molecule has 0 spiro atoms. The first-order valence-electron chi connectivity index (χ1n) is 9.10. The Hall–Kier alpha value is -4.26. The average molecular weight is 400 g/mol. The number of phenolic OH excluding ortho intramolecular Hbond substituents is 1. The Balaban J connectivity index is 1.75. The Morgan fingerprint density at radius 3 is 2.37 bits per heavy atom. The van der Waals surface area contributed by atoms with Crippen molar-refractivity contribution >= 4 is 39.4 Å². The van der Waals surface area contributed by atoms with E-state index in [1.54, 1.807) is 36.4 Å². The lowest BCUT2D eigenvalue weighted by molar-refractivity contribution is 0.102. The topological polar surface area (TPSA) is 100 Å². The Morgan fingerprint density at radius 2 is 1.63 bits per heavy atom. The molecule has 0 aliphatic carbocycles. The van der Waals surface area contributed by atoms with Crippen LogP contribution in [0.15, 0.2) is 89.1 Å². The molecule has 30 heavy (non-hydrogen) atoms. The van der Waals surface area contributed by atoms with E-state index in [4.69, 9.17) is 5.73 Å². The fraction of sp³-hybridized carbons (Fsp3) is 0. The number of amides is 1. The molecule has 0 unspecified atom stereocenters. The first kappa shape index (κ1) is 19.1. The molecular weight excluding hydrogens is 383 g/mol. The summed E-state index contributed by atoms with van der Waals surface area (Å²) in [6.45, 7) is 0. The van der Waals surface area contributed by atoms with Gasteiger partial charge in [0.25, 0.3) is 5.91 Å². The van der Waals surface area contributed by atoms with Gasteiger partial charge in [-0.2, -0.15) is 5.11 Å². The van der Waals surface area contributed by atoms with E-state index in [9.17, 15) is 14.3 Å². The van der Waals surface area contributed by atoms with E-state index >= 15 is 0 Å². The monoisotopic (exact) mass is 400 g/mol. The van der Waals surface area contributed by atoms with Crippen molar-refractivity contribution < 1.29 is 14.3 Å². The number of carbonyl (C=O) groups excluding carboxylic acids is 1. The zero-order chi connectivity index (χ0) is 21.1. The van der Waals surface area contributed by atoms with Gasteiger partial charge in [-0.1, -0.05) is 24.3 Å². The smallest absolute Gasteiger partial charge is 0.259 e. The highest BCUT2D eigenvalue weighted by molar-refractivity contribution is 6.11. The molecule has 4 N–H and O–H groups in total. The summed E-state index contributed by atoms with van der Waals surface area (Å²) in [6.07, 6.45) is 0. The van der Waals surface area contributed by atoms with Crippen molar-refractivity contribution in [3.05, 3.63) is 90.2 Å². The molecular formula is C23H17FN4O2. The van der Waals surface area contributed by atoms with Crippen molar-refractivity contribution in [2.75, 3.05) is 11.1 Å². The standard InChI is InChI=1S/C23H17FN4O2/c24-15-5-9-17(10-6-15)26-23(30)20-13-14-3-1-2-4-19(14)21(22(20)29)28-27-18-11-7-16(25)8-12-18/h1-13,29H,25H2,(H,26,30). The van der Waals surface area contributed by atoms with Crippen LogP contribution in [0.25, 0.3) is 10.8 Å². The molecule has 4 rings (SSSR count). The number of azo groups is 1. The molecule has 7 heteroatoms. The summed E-state index contributed by atoms with van der Waals surface area (Å²) in [5.41, 5.74) is 7.44. The zero-order valence-corrected chi connectivity index (χ0v) is 15.7. The molecule has 0 saturated carbocycles. The third-order valence-electron chi connectivity index (χ3n) is 4.50. The van der Waals surface area contributed by atoms with E-state index in [1.165, 1.54) is 24.3 Å². The minimum absolute atomic E-state index is 0.0317. The van der Waals surface area contributed by atoms with Gasteiger partial charge in [-0.3, -0.25) is 4.79 Å². The second-order valence-corrected chi connectivity index (χ2v) is 6.60. The Morgan fingerprint density at radius 1 is 0.933 bits per heavy atom. The van der Waals surface area contributed by atoms with Gasteiger partial charge < -0.3 is 16.2 Å². The lowest BCUT2D eigenvalue weighted by Crippen LogP contribution is -2.12. The second kappa shape index (κ2) is 8.00. The molecule has 0 bridgehead atoms. The lowest BCUT2D eigenvalue weighted by atomic mass is 10.0. The summed E-state index contributed by atoms with van der Waals surface area (Å²) in [5, 5.41) is 23.2. The van der Waals surface area contributed by atoms with Crippen LogP contribution in [-0.2, 0) is 0 Å². The van der Waals surface area contributed by atoms with E-state index in [0.29, 0.717) is 27.8 Å². The van der Waals surface area contributed by atoms with Crippen LogP contribution in [0, 0.1) is 5.82 Å². The summed E-state index contributed by atoms with van der Waals surface area (Å²) < 4.78 is 13.1. The first-order valence-corrected chi connectivity index (χ1v) is 9.10. The Labute approximate surface area is 171 Å². The van der Waals surface area contributed by atoms with Gasteiger partial charge >= 0.3 is 0 Å². The lowest BCUT2D eigenvalue weighted by Gasteiger charge is -2.11. The van der Waals surface area contributed by atoms with E-state index < -0.39 is 11.7 Å². The number of anilines is 2. The van der Waals surface area contributed by atoms with Crippen molar-refractivity contribution in [3.8, 4) is 5.75 Å². The van der Waals surface area contributed by atoms with Gasteiger partial charge in [-0.05, 0) is 60.0 Å². The third-order valence-corrected chi connectivity index (χ3v) is 4.50. The molecule has 1 amide bonds. The van der Waals surface area contributed by atoms with Crippen LogP contribution >= 0.6 is 0 Å². The molecule has 0 aliphatic heterocycles. The SMILES string of the molecule is Nc1ccc(N=Nc2c(O)c(C(=O)Nc3ccc(F)cc3)cc3ccccc23)cc1. The second-order valence-electron chi connectivity index (χ2n) is 6.60. The highest BCUT2D eigenvalue weighted by Crippen LogP contribution is 2.39. The largest absolute Gasteiger partial charge is 0.505 e. The summed E-state index contributed by atoms with van der Waals surface area (Å²) >= 11 is 0. The van der Waals surface area contributed by atoms with E-state index in [0.717, 1.165) is 0 Å². The maximum absolute atomic E-state index is 13.1. The van der Waals surface area contributed by atoms with Gasteiger partial charge in [0.15, 0.2) is 5.75 Å². The van der Waals surface area contributed by atoms with Crippen LogP contribution in [-0.4, -0.2) is 11.0 Å². The molecule has 0 atom stereocenters. The number of fused-ring (bicyclic) bond motifs is 1. The van der Waals surface area contributed by atoms with Gasteiger partial charge in [0.05, 0.1) is 11.3 Å². The summed E-state index contributed by atoms with van der Waals surface area (Å²) in [6, 6.07) is 20.9. The fourth-order valence-corrected chi connectivity index (χ4v) is 2.97. The molecule has 0 aliphatic rings. The van der Waals surface area contributed by atoms with Crippen molar-refractivity contribution in [2.45, 2.75) is 0 Å². The maximum atomic E-state index is 13.1. The van der Waals surface area contributed by atoms with Gasteiger partial charge in [0.2, 0.25) is 0 Å². The Bertz CT molecular complexity index is 1250. The number of halogens is 1. The normalized spacial score (nSPS) is 11.1. The number of hydrogen-bond donors (Lipinski definition) is 3. The highest BCUT2D eigenvalue weighted by Gasteiger charge is 2.18. The number of phenols is 1. The number of nitrogens with zero attached hydrogens (tertiary/aromatic N) is 2. The van der Waals surface area contributed by atoms with Crippen molar-refractivity contribution in [3.63, 3.8) is 0 Å². The van der Waals surface area contributed by atoms with Gasteiger partial charge in [0.1, 0.15) is 11.5 Å². The molecule has 0 heterocycles. The minimum atomic E-state index is -0.547. The molecule has 0 saturated heterocycles. The van der Waals surface area contributed by atoms with E-state index in [1.807, 2.05) is 18.2 Å². The third kappa shape index (κ3) is 3.95. The number of aromatic hydroxyl groups is 1. The van der Waals surface area contributed by atoms with Crippen molar-refractivity contribution in [1.29, 1.82) is 0 Å². The molecule has 4 aromatic carbocycles. The van der Waals surface area contributed by atoms with Gasteiger partial charge in [-0.25, -0.2) is 4.39 Å². The number of nitrogens with one attached hydrogen (secondary N) is 1. The van der Waals surface area contributed by atoms with E-state index in [-0.39, 0.29) is 17.0 Å². The average Bonchev–Trinajstić information content (AvgIpc) is 2.75. The predicted molar refractivity (Wildman–Crippen MR) is 115 cm³/mol. The van der Waals surface area contributed by atoms with Crippen LogP contribution in [0.4, 0.5) is 27.1 Å². The minimum Gasteiger partial charge on any atom is -0.505 e. The van der Waals surface area contributed by atoms with Crippen LogP contribution in [0.2, 0.25) is 0 Å². The van der Waals surface area contributed by atoms with Crippen LogP contribution in [0.5, 0.6) is 5.75 Å². The predicted octanol–water partition coefficient (Wildman–Crippen LogP) is 5.93. The van der Waals surface area contributed by atoms with Gasteiger partial charge in [0, 0.05) is 16.8 Å². The van der Waals surface area contributed by atoms with Crippen LogP contribution in [0.1, 0.15) is 10.4 Å².